The summed E-state index contributed by atoms with van der Waals surface area (Å²) >= 11 is 0. The van der Waals surface area contributed by atoms with E-state index in [2.05, 4.69) is 12.2 Å². The summed E-state index contributed by atoms with van der Waals surface area (Å²) in [5.41, 5.74) is 0.836. The third-order valence-electron chi connectivity index (χ3n) is 4.68. The fourth-order valence-electron chi connectivity index (χ4n) is 3.44. The van der Waals surface area contributed by atoms with Gasteiger partial charge in [-0.2, -0.15) is 0 Å². The van der Waals surface area contributed by atoms with E-state index < -0.39 is 0 Å². The highest BCUT2D eigenvalue weighted by Crippen LogP contribution is 2.27. The van der Waals surface area contributed by atoms with Crippen molar-refractivity contribution >= 4 is 11.8 Å². The Hall–Kier alpha value is -2.24. The van der Waals surface area contributed by atoms with E-state index in [0.717, 1.165) is 18.4 Å². The van der Waals surface area contributed by atoms with Crippen molar-refractivity contribution in [2.75, 3.05) is 27.3 Å². The first kappa shape index (κ1) is 19.1. The van der Waals surface area contributed by atoms with Gasteiger partial charge in [-0.15, -0.1) is 0 Å². The van der Waals surface area contributed by atoms with Gasteiger partial charge in [0.05, 0.1) is 26.7 Å². The summed E-state index contributed by atoms with van der Waals surface area (Å²) < 4.78 is 10.6. The van der Waals surface area contributed by atoms with Gasteiger partial charge in [0.1, 0.15) is 11.5 Å². The van der Waals surface area contributed by atoms with Crippen molar-refractivity contribution in [1.29, 1.82) is 0 Å². The summed E-state index contributed by atoms with van der Waals surface area (Å²) in [7, 11) is 3.18. The zero-order valence-corrected chi connectivity index (χ0v) is 15.5. The molecule has 6 heteroatoms. The van der Waals surface area contributed by atoms with E-state index in [4.69, 9.17) is 9.47 Å². The molecule has 0 radical (unpaired) electrons. The van der Waals surface area contributed by atoms with Gasteiger partial charge in [0.25, 0.3) is 0 Å². The molecular formula is C19H28N2O4. The van der Waals surface area contributed by atoms with E-state index in [1.165, 1.54) is 6.92 Å². The van der Waals surface area contributed by atoms with Gasteiger partial charge >= 0.3 is 0 Å². The predicted octanol–water partition coefficient (Wildman–Crippen LogP) is 2.01. The lowest BCUT2D eigenvalue weighted by Crippen LogP contribution is -2.40. The molecule has 0 spiro atoms. The van der Waals surface area contributed by atoms with Crippen LogP contribution in [-0.2, 0) is 16.0 Å². The van der Waals surface area contributed by atoms with E-state index in [1.54, 1.807) is 20.3 Å². The number of likely N-dealkylation sites (tertiary alicyclic amines) is 1. The molecule has 0 unspecified atom stereocenters. The number of carbonyl (C=O) groups is 2. The van der Waals surface area contributed by atoms with Crippen LogP contribution < -0.4 is 14.8 Å². The Morgan fingerprint density at radius 1 is 1.24 bits per heavy atom. The summed E-state index contributed by atoms with van der Waals surface area (Å²) in [6.07, 6.45) is 2.31. The molecule has 1 aliphatic rings. The highest BCUT2D eigenvalue weighted by molar-refractivity contribution is 5.80. The Morgan fingerprint density at radius 3 is 2.60 bits per heavy atom. The molecule has 0 aromatic heterocycles. The summed E-state index contributed by atoms with van der Waals surface area (Å²) in [5.74, 6) is 1.67. The Morgan fingerprint density at radius 2 is 2.00 bits per heavy atom. The highest BCUT2D eigenvalue weighted by atomic mass is 16.5. The molecule has 0 aliphatic carbocycles. The molecular weight excluding hydrogens is 320 g/mol. The summed E-state index contributed by atoms with van der Waals surface area (Å²) in [6, 6.07) is 5.52. The molecule has 1 aliphatic heterocycles. The van der Waals surface area contributed by atoms with Gasteiger partial charge in [-0.1, -0.05) is 19.4 Å². The van der Waals surface area contributed by atoms with Gasteiger partial charge < -0.3 is 19.7 Å². The molecule has 2 atom stereocenters. The Labute approximate surface area is 149 Å². The van der Waals surface area contributed by atoms with Crippen molar-refractivity contribution in [1.82, 2.24) is 10.2 Å². The summed E-state index contributed by atoms with van der Waals surface area (Å²) in [6.45, 7) is 4.91. The molecule has 1 fully saturated rings. The molecule has 1 N–H and O–H groups in total. The molecule has 2 amide bonds. The third kappa shape index (κ3) is 4.87. The standard InChI is InChI=1S/C19H28N2O4/c1-5-6-15-11-21(12-17(15)20-13(2)22)19(23)9-14-7-8-16(24-3)10-18(14)25-4/h7-8,10,15,17H,5-6,9,11-12H2,1-4H3,(H,20,22)/t15-,17-/m1/s1. The van der Waals surface area contributed by atoms with Crippen LogP contribution >= 0.6 is 0 Å². The van der Waals surface area contributed by atoms with Crippen LogP contribution in [-0.4, -0.2) is 50.1 Å². The molecule has 1 aromatic carbocycles. The maximum Gasteiger partial charge on any atom is 0.227 e. The van der Waals surface area contributed by atoms with Crippen LogP contribution in [0.2, 0.25) is 0 Å². The highest BCUT2D eigenvalue weighted by Gasteiger charge is 2.35. The van der Waals surface area contributed by atoms with Crippen LogP contribution in [0, 0.1) is 5.92 Å². The van der Waals surface area contributed by atoms with E-state index in [1.807, 2.05) is 17.0 Å². The van der Waals surface area contributed by atoms with Crippen LogP contribution in [0.25, 0.3) is 0 Å². The fraction of sp³-hybridized carbons (Fsp3) is 0.579. The lowest BCUT2D eigenvalue weighted by molar-refractivity contribution is -0.130. The second kappa shape index (κ2) is 8.74. The first-order valence-electron chi connectivity index (χ1n) is 8.74. The molecule has 0 saturated carbocycles. The normalized spacial score (nSPS) is 19.6. The van der Waals surface area contributed by atoms with Crippen LogP contribution in [0.15, 0.2) is 18.2 Å². The SMILES string of the molecule is CCC[C@@H]1CN(C(=O)Cc2ccc(OC)cc2OC)C[C@H]1NC(C)=O. The van der Waals surface area contributed by atoms with Crippen LogP contribution in [0.3, 0.4) is 0 Å². The molecule has 2 rings (SSSR count). The lowest BCUT2D eigenvalue weighted by atomic mass is 9.98. The van der Waals surface area contributed by atoms with Gasteiger partial charge in [-0.3, -0.25) is 9.59 Å². The first-order chi connectivity index (χ1) is 12.0. The smallest absolute Gasteiger partial charge is 0.227 e. The fourth-order valence-corrected chi connectivity index (χ4v) is 3.44. The average Bonchev–Trinajstić information content (AvgIpc) is 2.97. The monoisotopic (exact) mass is 348 g/mol. The third-order valence-corrected chi connectivity index (χ3v) is 4.68. The maximum atomic E-state index is 12.7. The molecule has 1 saturated heterocycles. The van der Waals surface area contributed by atoms with Crippen molar-refractivity contribution in [3.05, 3.63) is 23.8 Å². The van der Waals surface area contributed by atoms with Crippen LogP contribution in [0.5, 0.6) is 11.5 Å². The Bertz CT molecular complexity index is 617. The molecule has 1 heterocycles. The van der Waals surface area contributed by atoms with Gasteiger partial charge in [-0.05, 0) is 18.4 Å². The molecule has 1 aromatic rings. The molecule has 6 nitrogen and oxygen atoms in total. The summed E-state index contributed by atoms with van der Waals surface area (Å²) in [5, 5.41) is 2.99. The Kier molecular flexibility index (Phi) is 6.67. The van der Waals surface area contributed by atoms with E-state index in [-0.39, 0.29) is 24.3 Å². The number of hydrogen-bond acceptors (Lipinski definition) is 4. The number of methoxy groups -OCH3 is 2. The second-order valence-corrected chi connectivity index (χ2v) is 6.51. The van der Waals surface area contributed by atoms with E-state index >= 15 is 0 Å². The molecule has 0 bridgehead atoms. The average molecular weight is 348 g/mol. The lowest BCUT2D eigenvalue weighted by Gasteiger charge is -2.18. The minimum atomic E-state index is -0.0442. The number of rotatable bonds is 7. The molecule has 138 valence electrons. The van der Waals surface area contributed by atoms with E-state index in [0.29, 0.717) is 30.5 Å². The van der Waals surface area contributed by atoms with Gasteiger partial charge in [-0.25, -0.2) is 0 Å². The number of hydrogen-bond donors (Lipinski definition) is 1. The largest absolute Gasteiger partial charge is 0.497 e. The topological polar surface area (TPSA) is 67.9 Å². The van der Waals surface area contributed by atoms with Crippen molar-refractivity contribution in [3.63, 3.8) is 0 Å². The number of carbonyl (C=O) groups excluding carboxylic acids is 2. The van der Waals surface area contributed by atoms with Crippen molar-refractivity contribution < 1.29 is 19.1 Å². The van der Waals surface area contributed by atoms with Crippen molar-refractivity contribution in [3.8, 4) is 11.5 Å². The van der Waals surface area contributed by atoms with Crippen LogP contribution in [0.1, 0.15) is 32.3 Å². The van der Waals surface area contributed by atoms with Crippen molar-refractivity contribution in [2.45, 2.75) is 39.2 Å². The van der Waals surface area contributed by atoms with Gasteiger partial charge in [0, 0.05) is 31.6 Å². The van der Waals surface area contributed by atoms with Crippen molar-refractivity contribution in [2.24, 2.45) is 5.92 Å². The molecule has 25 heavy (non-hydrogen) atoms. The van der Waals surface area contributed by atoms with Gasteiger partial charge in [0.2, 0.25) is 11.8 Å². The Balaban J connectivity index is 2.06. The first-order valence-corrected chi connectivity index (χ1v) is 8.74. The minimum Gasteiger partial charge on any atom is -0.497 e. The number of nitrogens with one attached hydrogen (secondary N) is 1. The number of benzene rings is 1. The maximum absolute atomic E-state index is 12.7. The van der Waals surface area contributed by atoms with Crippen LogP contribution in [0.4, 0.5) is 0 Å². The predicted molar refractivity (Wildman–Crippen MR) is 95.8 cm³/mol. The second-order valence-electron chi connectivity index (χ2n) is 6.51. The number of ether oxygens (including phenoxy) is 2. The zero-order valence-electron chi connectivity index (χ0n) is 15.5. The summed E-state index contributed by atoms with van der Waals surface area (Å²) in [4.78, 5) is 26.0. The number of nitrogens with zero attached hydrogens (tertiary/aromatic N) is 1. The zero-order chi connectivity index (χ0) is 18.4. The quantitative estimate of drug-likeness (QED) is 0.818. The van der Waals surface area contributed by atoms with Gasteiger partial charge in [0.15, 0.2) is 0 Å². The minimum absolute atomic E-state index is 0.0409. The number of amides is 2. The van der Waals surface area contributed by atoms with E-state index in [9.17, 15) is 9.59 Å².